The molecule has 1 unspecified atom stereocenters. The second-order valence-corrected chi connectivity index (χ2v) is 7.91. The molecule has 0 saturated carbocycles. The Hall–Kier alpha value is -0.960. The Balaban J connectivity index is 2.39. The van der Waals surface area contributed by atoms with Gasteiger partial charge in [-0.3, -0.25) is 0 Å². The van der Waals surface area contributed by atoms with Gasteiger partial charge in [-0.1, -0.05) is 6.07 Å². The number of sulfonamides is 1. The van der Waals surface area contributed by atoms with Crippen molar-refractivity contribution in [2.75, 3.05) is 33.2 Å². The van der Waals surface area contributed by atoms with Crippen molar-refractivity contribution in [1.29, 1.82) is 0 Å². The standard InChI is InChI=1S/C13H17BrN2O4S/c1-15-5-2-6-16(8-7-15)21(19,20)12-9-10(13(17)18)3-4-11(12)14/h3-4,9H,2,5-8H2,1H3,(H,17,18). The minimum absolute atomic E-state index is 0.0243. The van der Waals surface area contributed by atoms with E-state index in [1.54, 1.807) is 0 Å². The average Bonchev–Trinajstić information content (AvgIpc) is 2.64. The molecule has 1 aliphatic rings. The molecule has 116 valence electrons. The number of carboxylic acids is 1. The molecule has 1 saturated heterocycles. The lowest BCUT2D eigenvalue weighted by Gasteiger charge is -2.20. The molecule has 0 bridgehead atoms. The maximum absolute atomic E-state index is 12.7. The number of rotatable bonds is 3. The highest BCUT2D eigenvalue weighted by Crippen LogP contribution is 2.26. The zero-order valence-corrected chi connectivity index (χ0v) is 14.0. The van der Waals surface area contributed by atoms with Gasteiger partial charge in [0, 0.05) is 17.4 Å². The van der Waals surface area contributed by atoms with Crippen LogP contribution in [0, 0.1) is 0 Å². The van der Waals surface area contributed by atoms with E-state index >= 15 is 0 Å². The van der Waals surface area contributed by atoms with Crippen LogP contribution < -0.4 is 10.0 Å². The number of halogens is 1. The molecule has 1 aliphatic heterocycles. The number of benzene rings is 1. The van der Waals surface area contributed by atoms with Gasteiger partial charge in [0.15, 0.2) is 0 Å². The summed E-state index contributed by atoms with van der Waals surface area (Å²) >= 11 is 3.19. The van der Waals surface area contributed by atoms with Crippen molar-refractivity contribution in [1.82, 2.24) is 4.31 Å². The van der Waals surface area contributed by atoms with Crippen molar-refractivity contribution in [3.05, 3.63) is 28.2 Å². The minimum atomic E-state index is -3.71. The summed E-state index contributed by atoms with van der Waals surface area (Å²) in [6.45, 7) is 2.53. The average molecular weight is 377 g/mol. The number of aromatic carboxylic acids is 1. The number of quaternary nitrogens is 1. The van der Waals surface area contributed by atoms with Crippen LogP contribution in [0.5, 0.6) is 0 Å². The fraction of sp³-hybridized carbons (Fsp3) is 0.462. The fourth-order valence-corrected chi connectivity index (χ4v) is 4.75. The lowest BCUT2D eigenvalue weighted by atomic mass is 10.2. The van der Waals surface area contributed by atoms with Crippen molar-refractivity contribution in [2.24, 2.45) is 0 Å². The van der Waals surface area contributed by atoms with Gasteiger partial charge >= 0.3 is 0 Å². The summed E-state index contributed by atoms with van der Waals surface area (Å²) in [5, 5.41) is 10.9. The first-order valence-electron chi connectivity index (χ1n) is 6.64. The lowest BCUT2D eigenvalue weighted by molar-refractivity contribution is -0.877. The normalized spacial score (nSPS) is 21.0. The van der Waals surface area contributed by atoms with Gasteiger partial charge in [0.05, 0.1) is 37.5 Å². The zero-order valence-electron chi connectivity index (χ0n) is 11.6. The third-order valence-corrected chi connectivity index (χ3v) is 6.48. The fourth-order valence-electron chi connectivity index (χ4n) is 2.32. The van der Waals surface area contributed by atoms with Gasteiger partial charge in [0.1, 0.15) is 0 Å². The largest absolute Gasteiger partial charge is 0.545 e. The summed E-state index contributed by atoms with van der Waals surface area (Å²) in [4.78, 5) is 12.2. The summed E-state index contributed by atoms with van der Waals surface area (Å²) in [6, 6.07) is 3.89. The lowest BCUT2D eigenvalue weighted by Crippen LogP contribution is -3.09. The third-order valence-electron chi connectivity index (χ3n) is 3.58. The van der Waals surface area contributed by atoms with Gasteiger partial charge in [-0.2, -0.15) is 4.31 Å². The molecule has 0 radical (unpaired) electrons. The number of carbonyl (C=O) groups excluding carboxylic acids is 1. The predicted octanol–water partition coefficient (Wildman–Crippen LogP) is -1.28. The number of likely N-dealkylation sites (N-methyl/N-ethyl adjacent to an activating group) is 1. The van der Waals surface area contributed by atoms with E-state index in [1.807, 2.05) is 7.05 Å². The van der Waals surface area contributed by atoms with Gasteiger partial charge in [0.25, 0.3) is 0 Å². The highest BCUT2D eigenvalue weighted by molar-refractivity contribution is 9.10. The van der Waals surface area contributed by atoms with E-state index < -0.39 is 16.0 Å². The Morgan fingerprint density at radius 2 is 2.05 bits per heavy atom. The smallest absolute Gasteiger partial charge is 0.244 e. The van der Waals surface area contributed by atoms with Gasteiger partial charge < -0.3 is 14.8 Å². The number of nitrogens with one attached hydrogen (secondary N) is 1. The van der Waals surface area contributed by atoms with Gasteiger partial charge in [-0.05, 0) is 33.6 Å². The second-order valence-electron chi connectivity index (χ2n) is 5.15. The maximum Gasteiger partial charge on any atom is 0.244 e. The SMILES string of the molecule is C[NH+]1CCCN(S(=O)(=O)c2cc(C(=O)[O-])ccc2Br)CC1. The summed E-state index contributed by atoms with van der Waals surface area (Å²) in [5.74, 6) is -1.39. The zero-order chi connectivity index (χ0) is 15.6. The van der Waals surface area contributed by atoms with Gasteiger partial charge in [-0.15, -0.1) is 0 Å². The number of hydrogen-bond acceptors (Lipinski definition) is 4. The van der Waals surface area contributed by atoms with Crippen molar-refractivity contribution in [3.63, 3.8) is 0 Å². The van der Waals surface area contributed by atoms with E-state index in [1.165, 1.54) is 21.3 Å². The molecule has 21 heavy (non-hydrogen) atoms. The molecule has 0 aliphatic carbocycles. The van der Waals surface area contributed by atoms with Crippen LogP contribution in [0.1, 0.15) is 16.8 Å². The van der Waals surface area contributed by atoms with Crippen LogP contribution in [-0.4, -0.2) is 51.9 Å². The Labute approximate surface area is 132 Å². The topological polar surface area (TPSA) is 82.0 Å². The molecular formula is C13H17BrN2O4S. The molecule has 1 atom stereocenters. The van der Waals surface area contributed by atoms with Crippen LogP contribution in [0.15, 0.2) is 27.6 Å². The maximum atomic E-state index is 12.7. The number of carboxylic acid groups (broad SMARTS) is 1. The van der Waals surface area contributed by atoms with E-state index in [0.717, 1.165) is 25.6 Å². The molecule has 8 heteroatoms. The highest BCUT2D eigenvalue weighted by Gasteiger charge is 2.29. The van der Waals surface area contributed by atoms with Crippen molar-refractivity contribution in [2.45, 2.75) is 11.3 Å². The summed E-state index contributed by atoms with van der Waals surface area (Å²) < 4.78 is 27.2. The Bertz CT molecular complexity index is 648. The molecule has 1 aromatic rings. The predicted molar refractivity (Wildman–Crippen MR) is 78.5 cm³/mol. The third kappa shape index (κ3) is 3.63. The number of hydrogen-bond donors (Lipinski definition) is 1. The first kappa shape index (κ1) is 16.4. The number of nitrogens with zero attached hydrogens (tertiary/aromatic N) is 1. The summed E-state index contributed by atoms with van der Waals surface area (Å²) in [5.41, 5.74) is -0.144. The van der Waals surface area contributed by atoms with Gasteiger partial charge in [0.2, 0.25) is 10.0 Å². The van der Waals surface area contributed by atoms with Crippen LogP contribution in [-0.2, 0) is 10.0 Å². The molecule has 1 N–H and O–H groups in total. The van der Waals surface area contributed by atoms with E-state index in [-0.39, 0.29) is 10.5 Å². The van der Waals surface area contributed by atoms with Crippen LogP contribution in [0.3, 0.4) is 0 Å². The molecular weight excluding hydrogens is 360 g/mol. The summed E-state index contributed by atoms with van der Waals surface area (Å²) in [7, 11) is -1.68. The molecule has 0 amide bonds. The molecule has 1 fully saturated rings. The first-order chi connectivity index (χ1) is 9.82. The van der Waals surface area contributed by atoms with Crippen molar-refractivity contribution in [3.8, 4) is 0 Å². The van der Waals surface area contributed by atoms with Crippen LogP contribution in [0.25, 0.3) is 0 Å². The Morgan fingerprint density at radius 3 is 2.71 bits per heavy atom. The van der Waals surface area contributed by atoms with Crippen molar-refractivity contribution < 1.29 is 23.2 Å². The minimum Gasteiger partial charge on any atom is -0.545 e. The molecule has 1 heterocycles. The van der Waals surface area contributed by atoms with E-state index in [9.17, 15) is 18.3 Å². The summed E-state index contributed by atoms with van der Waals surface area (Å²) in [6.07, 6.45) is 0.781. The second kappa shape index (κ2) is 6.43. The van der Waals surface area contributed by atoms with Crippen molar-refractivity contribution >= 4 is 31.9 Å². The highest BCUT2D eigenvalue weighted by atomic mass is 79.9. The molecule has 0 aromatic heterocycles. The number of carbonyl (C=O) groups is 1. The van der Waals surface area contributed by atoms with Gasteiger partial charge in [-0.25, -0.2) is 8.42 Å². The molecule has 6 nitrogen and oxygen atoms in total. The molecule has 2 rings (SSSR count). The van der Waals surface area contributed by atoms with E-state index in [2.05, 4.69) is 15.9 Å². The van der Waals surface area contributed by atoms with Crippen LogP contribution in [0.2, 0.25) is 0 Å². The van der Waals surface area contributed by atoms with E-state index in [0.29, 0.717) is 17.6 Å². The van der Waals surface area contributed by atoms with E-state index in [4.69, 9.17) is 0 Å². The first-order valence-corrected chi connectivity index (χ1v) is 8.88. The molecule has 0 spiro atoms. The molecule has 1 aromatic carbocycles. The van der Waals surface area contributed by atoms with Crippen LogP contribution in [0.4, 0.5) is 0 Å². The monoisotopic (exact) mass is 376 g/mol. The Morgan fingerprint density at radius 1 is 1.33 bits per heavy atom. The Kier molecular flexibility index (Phi) is 5.03. The quantitative estimate of drug-likeness (QED) is 0.712. The van der Waals surface area contributed by atoms with Crippen LogP contribution >= 0.6 is 15.9 Å².